The van der Waals surface area contributed by atoms with Crippen LogP contribution in [0.2, 0.25) is 0 Å². The van der Waals surface area contributed by atoms with E-state index in [-0.39, 0.29) is 6.61 Å². The summed E-state index contributed by atoms with van der Waals surface area (Å²) in [5.74, 6) is 0.154. The number of benzene rings is 1. The number of carbonyl (C=O) groups excluding carboxylic acids is 1. The van der Waals surface area contributed by atoms with Crippen LogP contribution in [-0.2, 0) is 30.3 Å². The van der Waals surface area contributed by atoms with Crippen molar-refractivity contribution in [2.24, 2.45) is 0 Å². The number of hydrogen-bond acceptors (Lipinski definition) is 6. The van der Waals surface area contributed by atoms with Crippen molar-refractivity contribution in [2.75, 3.05) is 19.5 Å². The lowest BCUT2D eigenvalue weighted by Crippen LogP contribution is -2.39. The molecule has 0 spiro atoms. The molecule has 0 amide bonds. The Labute approximate surface area is 137 Å². The Morgan fingerprint density at radius 1 is 1.17 bits per heavy atom. The molecule has 0 heterocycles. The summed E-state index contributed by atoms with van der Waals surface area (Å²) in [6.07, 6.45) is 2.32. The predicted molar refractivity (Wildman–Crippen MR) is 86.9 cm³/mol. The Kier molecular flexibility index (Phi) is 7.02. The summed E-state index contributed by atoms with van der Waals surface area (Å²) in [6.45, 7) is 5.52. The number of esters is 1. The zero-order chi connectivity index (χ0) is 17.5. The summed E-state index contributed by atoms with van der Waals surface area (Å²) < 4.78 is 37.0. The summed E-state index contributed by atoms with van der Waals surface area (Å²) in [5.41, 5.74) is -0.0238. The molecule has 1 aromatic rings. The Morgan fingerprint density at radius 3 is 2.30 bits per heavy atom. The van der Waals surface area contributed by atoms with Gasteiger partial charge in [-0.25, -0.2) is 4.79 Å². The van der Waals surface area contributed by atoms with Gasteiger partial charge < -0.3 is 9.47 Å². The van der Waals surface area contributed by atoms with Crippen LogP contribution in [0.5, 0.6) is 5.75 Å². The highest BCUT2D eigenvalue weighted by molar-refractivity contribution is 7.85. The second-order valence-electron chi connectivity index (χ2n) is 5.61. The molecule has 0 aromatic heterocycles. The van der Waals surface area contributed by atoms with Gasteiger partial charge in [0.25, 0.3) is 10.1 Å². The Hall–Kier alpha value is -1.60. The molecule has 1 aromatic carbocycles. The van der Waals surface area contributed by atoms with E-state index >= 15 is 0 Å². The smallest absolute Gasteiger partial charge is 0.349 e. The summed E-state index contributed by atoms with van der Waals surface area (Å²) in [4.78, 5) is 11.8. The van der Waals surface area contributed by atoms with Gasteiger partial charge in [0.2, 0.25) is 0 Å². The van der Waals surface area contributed by atoms with Gasteiger partial charge in [0, 0.05) is 0 Å². The van der Waals surface area contributed by atoms with Crippen LogP contribution >= 0.6 is 0 Å². The van der Waals surface area contributed by atoms with Gasteiger partial charge in [-0.05, 0) is 51.3 Å². The molecule has 0 bridgehead atoms. The maximum atomic E-state index is 11.8. The number of rotatable bonds is 9. The van der Waals surface area contributed by atoms with E-state index in [0.29, 0.717) is 25.2 Å². The van der Waals surface area contributed by atoms with Crippen molar-refractivity contribution >= 4 is 16.1 Å². The third-order valence-electron chi connectivity index (χ3n) is 2.97. The molecule has 0 saturated carbocycles. The molecular formula is C16H24O6S. The Balaban J connectivity index is 2.51. The number of ether oxygens (including phenoxy) is 2. The SMILES string of the molecule is CCOC(=O)C(C)(C)Oc1ccc(CCCOS(C)(=O)=O)cc1. The average molecular weight is 344 g/mol. The van der Waals surface area contributed by atoms with Crippen molar-refractivity contribution in [3.63, 3.8) is 0 Å². The monoisotopic (exact) mass is 344 g/mol. The van der Waals surface area contributed by atoms with E-state index in [0.717, 1.165) is 11.8 Å². The number of aryl methyl sites for hydroxylation is 1. The van der Waals surface area contributed by atoms with Crippen LogP contribution in [0, 0.1) is 0 Å². The van der Waals surface area contributed by atoms with Crippen molar-refractivity contribution in [1.82, 2.24) is 0 Å². The van der Waals surface area contributed by atoms with E-state index in [1.165, 1.54) is 0 Å². The molecule has 0 atom stereocenters. The summed E-state index contributed by atoms with van der Waals surface area (Å²) in [5, 5.41) is 0. The zero-order valence-electron chi connectivity index (χ0n) is 14.0. The molecule has 0 unspecified atom stereocenters. The van der Waals surface area contributed by atoms with E-state index < -0.39 is 21.7 Å². The van der Waals surface area contributed by atoms with E-state index in [2.05, 4.69) is 4.18 Å². The lowest BCUT2D eigenvalue weighted by molar-refractivity contribution is -0.158. The second kappa shape index (κ2) is 8.31. The third-order valence-corrected chi connectivity index (χ3v) is 3.57. The highest BCUT2D eigenvalue weighted by Crippen LogP contribution is 2.20. The van der Waals surface area contributed by atoms with Gasteiger partial charge in [0.05, 0.1) is 19.5 Å². The molecule has 0 aliphatic carbocycles. The predicted octanol–water partition coefficient (Wildman–Crippen LogP) is 2.32. The standard InChI is InChI=1S/C16H24O6S/c1-5-20-15(17)16(2,3)22-14-10-8-13(9-11-14)7-6-12-21-23(4,18)19/h8-11H,5-7,12H2,1-4H3. The lowest BCUT2D eigenvalue weighted by atomic mass is 10.1. The first-order chi connectivity index (χ1) is 10.6. The topological polar surface area (TPSA) is 78.9 Å². The van der Waals surface area contributed by atoms with Gasteiger partial charge in [0.15, 0.2) is 5.60 Å². The molecule has 0 aliphatic rings. The largest absolute Gasteiger partial charge is 0.476 e. The van der Waals surface area contributed by atoms with E-state index in [4.69, 9.17) is 9.47 Å². The third kappa shape index (κ3) is 7.47. The summed E-state index contributed by atoms with van der Waals surface area (Å²) in [6, 6.07) is 7.29. The second-order valence-corrected chi connectivity index (χ2v) is 7.25. The molecule has 0 fully saturated rings. The van der Waals surface area contributed by atoms with Crippen molar-refractivity contribution in [3.05, 3.63) is 29.8 Å². The van der Waals surface area contributed by atoms with Crippen LogP contribution in [-0.4, -0.2) is 39.5 Å². The van der Waals surface area contributed by atoms with Crippen molar-refractivity contribution in [2.45, 2.75) is 39.2 Å². The minimum Gasteiger partial charge on any atom is -0.476 e. The quantitative estimate of drug-likeness (QED) is 0.389. The number of hydrogen-bond donors (Lipinski definition) is 0. The average Bonchev–Trinajstić information content (AvgIpc) is 2.44. The van der Waals surface area contributed by atoms with Gasteiger partial charge in [-0.15, -0.1) is 0 Å². The van der Waals surface area contributed by atoms with Gasteiger partial charge >= 0.3 is 5.97 Å². The van der Waals surface area contributed by atoms with Crippen molar-refractivity contribution < 1.29 is 26.9 Å². The highest BCUT2D eigenvalue weighted by Gasteiger charge is 2.31. The molecule has 23 heavy (non-hydrogen) atoms. The van der Waals surface area contributed by atoms with Gasteiger partial charge in [-0.3, -0.25) is 4.18 Å². The first-order valence-electron chi connectivity index (χ1n) is 7.43. The van der Waals surface area contributed by atoms with Crippen LogP contribution in [0.15, 0.2) is 24.3 Å². The highest BCUT2D eigenvalue weighted by atomic mass is 32.2. The molecule has 1 rings (SSSR count). The first kappa shape index (κ1) is 19.4. The fourth-order valence-corrected chi connectivity index (χ4v) is 2.27. The van der Waals surface area contributed by atoms with Gasteiger partial charge in [-0.1, -0.05) is 12.1 Å². The molecule has 0 N–H and O–H groups in total. The van der Waals surface area contributed by atoms with Crippen LogP contribution in [0.4, 0.5) is 0 Å². The fourth-order valence-electron chi connectivity index (χ4n) is 1.85. The van der Waals surface area contributed by atoms with Crippen molar-refractivity contribution in [1.29, 1.82) is 0 Å². The summed E-state index contributed by atoms with van der Waals surface area (Å²) in [7, 11) is -3.38. The van der Waals surface area contributed by atoms with Crippen LogP contribution in [0.1, 0.15) is 32.8 Å². The minimum absolute atomic E-state index is 0.160. The first-order valence-corrected chi connectivity index (χ1v) is 9.25. The molecule has 130 valence electrons. The minimum atomic E-state index is -3.38. The van der Waals surface area contributed by atoms with Crippen LogP contribution in [0.25, 0.3) is 0 Å². The molecular weight excluding hydrogens is 320 g/mol. The van der Waals surface area contributed by atoms with Gasteiger partial charge in [0.1, 0.15) is 5.75 Å². The Morgan fingerprint density at radius 2 is 1.78 bits per heavy atom. The van der Waals surface area contributed by atoms with Crippen LogP contribution < -0.4 is 4.74 Å². The zero-order valence-corrected chi connectivity index (χ0v) is 14.8. The molecule has 0 saturated heterocycles. The number of carbonyl (C=O) groups is 1. The molecule has 6 nitrogen and oxygen atoms in total. The van der Waals surface area contributed by atoms with Crippen LogP contribution in [0.3, 0.4) is 0 Å². The lowest BCUT2D eigenvalue weighted by Gasteiger charge is -2.24. The molecule has 7 heteroatoms. The van der Waals surface area contributed by atoms with E-state index in [1.54, 1.807) is 32.9 Å². The van der Waals surface area contributed by atoms with E-state index in [1.807, 2.05) is 12.1 Å². The van der Waals surface area contributed by atoms with Gasteiger partial charge in [-0.2, -0.15) is 8.42 Å². The normalized spacial score (nSPS) is 12.0. The maximum Gasteiger partial charge on any atom is 0.349 e. The van der Waals surface area contributed by atoms with E-state index in [9.17, 15) is 13.2 Å². The van der Waals surface area contributed by atoms with Crippen molar-refractivity contribution in [3.8, 4) is 5.75 Å². The Bertz CT molecular complexity index is 604. The molecule has 0 radical (unpaired) electrons. The fraction of sp³-hybridized carbons (Fsp3) is 0.562. The molecule has 0 aliphatic heterocycles. The summed E-state index contributed by atoms with van der Waals surface area (Å²) >= 11 is 0. The maximum absolute atomic E-state index is 11.8.